The second kappa shape index (κ2) is 4.99. The lowest BCUT2D eigenvalue weighted by Crippen LogP contribution is -2.26. The first-order valence-electron chi connectivity index (χ1n) is 7.47. The summed E-state index contributed by atoms with van der Waals surface area (Å²) < 4.78 is 29.2. The summed E-state index contributed by atoms with van der Waals surface area (Å²) in [4.78, 5) is 0. The van der Waals surface area contributed by atoms with Crippen LogP contribution < -0.4 is 10.1 Å². The fraction of sp³-hybridized carbons (Fsp3) is 0.625. The third-order valence-electron chi connectivity index (χ3n) is 4.73. The van der Waals surface area contributed by atoms with Crippen LogP contribution in [-0.2, 0) is 15.3 Å². The summed E-state index contributed by atoms with van der Waals surface area (Å²) in [6.45, 7) is 5.06. The van der Waals surface area contributed by atoms with Crippen LogP contribution in [0.15, 0.2) is 18.2 Å². The van der Waals surface area contributed by atoms with E-state index in [1.54, 1.807) is 0 Å². The van der Waals surface area contributed by atoms with Gasteiger partial charge in [-0.3, -0.25) is 0 Å². The summed E-state index contributed by atoms with van der Waals surface area (Å²) >= 11 is 0. The maximum Gasteiger partial charge on any atom is 0.150 e. The molecule has 0 aromatic heterocycles. The molecule has 3 rings (SSSR count). The third kappa shape index (κ3) is 2.69. The number of hydrogen-bond acceptors (Lipinski definition) is 4. The first kappa shape index (κ1) is 14.9. The third-order valence-corrected chi connectivity index (χ3v) is 6.52. The molecular formula is C16H23NO3S. The lowest BCUT2D eigenvalue weighted by molar-refractivity contribution is 0.291. The molecule has 21 heavy (non-hydrogen) atoms. The van der Waals surface area contributed by atoms with E-state index >= 15 is 0 Å². The summed E-state index contributed by atoms with van der Waals surface area (Å²) in [5.41, 5.74) is 2.41. The first-order chi connectivity index (χ1) is 9.82. The number of nitrogens with one attached hydrogen (secondary N) is 1. The van der Waals surface area contributed by atoms with Gasteiger partial charge in [0.25, 0.3) is 0 Å². The highest BCUT2D eigenvalue weighted by molar-refractivity contribution is 7.91. The van der Waals surface area contributed by atoms with Gasteiger partial charge in [-0.2, -0.15) is 0 Å². The average molecular weight is 309 g/mol. The molecule has 2 unspecified atom stereocenters. The van der Waals surface area contributed by atoms with Crippen molar-refractivity contribution in [1.29, 1.82) is 0 Å². The molecule has 0 amide bonds. The molecule has 1 aromatic carbocycles. The van der Waals surface area contributed by atoms with E-state index in [4.69, 9.17) is 4.74 Å². The predicted octanol–water partition coefficient (Wildman–Crippen LogP) is 2.05. The lowest BCUT2D eigenvalue weighted by atomic mass is 9.84. The monoisotopic (exact) mass is 309 g/mol. The van der Waals surface area contributed by atoms with Crippen LogP contribution in [0.25, 0.3) is 0 Å². The molecule has 1 fully saturated rings. The van der Waals surface area contributed by atoms with E-state index in [0.29, 0.717) is 12.4 Å². The summed E-state index contributed by atoms with van der Waals surface area (Å²) in [5.74, 6) is 1.71. The fourth-order valence-corrected chi connectivity index (χ4v) is 5.33. The molecule has 0 radical (unpaired) electrons. The minimum atomic E-state index is -2.86. The summed E-state index contributed by atoms with van der Waals surface area (Å²) in [5, 5.41) is 3.31. The molecule has 2 heterocycles. The largest absolute Gasteiger partial charge is 0.492 e. The van der Waals surface area contributed by atoms with Gasteiger partial charge < -0.3 is 10.1 Å². The SMILES string of the molecule is CNC(c1ccc2c(c1)C(C)(C)CO2)C1CCS(=O)(=O)C1. The first-order valence-corrected chi connectivity index (χ1v) is 9.29. The van der Waals surface area contributed by atoms with Crippen LogP contribution in [0.2, 0.25) is 0 Å². The summed E-state index contributed by atoms with van der Waals surface area (Å²) in [6, 6.07) is 6.36. The quantitative estimate of drug-likeness (QED) is 0.928. The van der Waals surface area contributed by atoms with Crippen LogP contribution in [0.5, 0.6) is 5.75 Å². The van der Waals surface area contributed by atoms with Crippen molar-refractivity contribution in [1.82, 2.24) is 5.32 Å². The van der Waals surface area contributed by atoms with Gasteiger partial charge in [-0.25, -0.2) is 8.42 Å². The Morgan fingerprint density at radius 2 is 2.14 bits per heavy atom. The molecular weight excluding hydrogens is 286 g/mol. The topological polar surface area (TPSA) is 55.4 Å². The Hall–Kier alpha value is -1.07. The van der Waals surface area contributed by atoms with Crippen molar-refractivity contribution in [3.63, 3.8) is 0 Å². The van der Waals surface area contributed by atoms with Gasteiger partial charge in [-0.1, -0.05) is 19.9 Å². The fourth-order valence-electron chi connectivity index (χ4n) is 3.49. The van der Waals surface area contributed by atoms with Crippen molar-refractivity contribution >= 4 is 9.84 Å². The van der Waals surface area contributed by atoms with Gasteiger partial charge in [0.1, 0.15) is 5.75 Å². The maximum atomic E-state index is 11.7. The number of hydrogen-bond donors (Lipinski definition) is 1. The second-order valence-corrected chi connectivity index (χ2v) is 9.09. The van der Waals surface area contributed by atoms with Crippen LogP contribution >= 0.6 is 0 Å². The van der Waals surface area contributed by atoms with E-state index in [1.165, 1.54) is 5.56 Å². The number of fused-ring (bicyclic) bond motifs is 1. The highest BCUT2D eigenvalue weighted by Crippen LogP contribution is 2.41. The van der Waals surface area contributed by atoms with E-state index in [0.717, 1.165) is 17.7 Å². The van der Waals surface area contributed by atoms with Crippen LogP contribution in [0.3, 0.4) is 0 Å². The van der Waals surface area contributed by atoms with Crippen LogP contribution in [0.4, 0.5) is 0 Å². The van der Waals surface area contributed by atoms with Crippen LogP contribution in [0.1, 0.15) is 37.4 Å². The van der Waals surface area contributed by atoms with Crippen molar-refractivity contribution < 1.29 is 13.2 Å². The molecule has 116 valence electrons. The van der Waals surface area contributed by atoms with Gasteiger partial charge in [0, 0.05) is 17.0 Å². The normalized spacial score (nSPS) is 27.1. The number of benzene rings is 1. The Bertz CT molecular complexity index is 651. The van der Waals surface area contributed by atoms with E-state index in [1.807, 2.05) is 13.1 Å². The molecule has 2 aliphatic heterocycles. The van der Waals surface area contributed by atoms with E-state index in [9.17, 15) is 8.42 Å². The highest BCUT2D eigenvalue weighted by atomic mass is 32.2. The predicted molar refractivity (Wildman–Crippen MR) is 83.5 cm³/mol. The number of ether oxygens (including phenoxy) is 1. The van der Waals surface area contributed by atoms with Gasteiger partial charge in [0.2, 0.25) is 0 Å². The lowest BCUT2D eigenvalue weighted by Gasteiger charge is -2.24. The van der Waals surface area contributed by atoms with Gasteiger partial charge in [0.15, 0.2) is 9.84 Å². The smallest absolute Gasteiger partial charge is 0.150 e. The molecule has 1 aromatic rings. The van der Waals surface area contributed by atoms with Crippen molar-refractivity contribution in [2.75, 3.05) is 25.2 Å². The van der Waals surface area contributed by atoms with Crippen LogP contribution in [-0.4, -0.2) is 33.6 Å². The zero-order chi connectivity index (χ0) is 15.3. The number of sulfone groups is 1. The van der Waals surface area contributed by atoms with Gasteiger partial charge in [-0.15, -0.1) is 0 Å². The van der Waals surface area contributed by atoms with E-state index < -0.39 is 9.84 Å². The average Bonchev–Trinajstić information content (AvgIpc) is 2.92. The highest BCUT2D eigenvalue weighted by Gasteiger charge is 2.36. The zero-order valence-electron chi connectivity index (χ0n) is 12.8. The zero-order valence-corrected chi connectivity index (χ0v) is 13.7. The Balaban J connectivity index is 1.92. The Morgan fingerprint density at radius 1 is 1.38 bits per heavy atom. The minimum absolute atomic E-state index is 0.0192. The molecule has 0 spiro atoms. The molecule has 0 bridgehead atoms. The molecule has 0 aliphatic carbocycles. The molecule has 2 aliphatic rings. The Kier molecular flexibility index (Phi) is 3.53. The van der Waals surface area contributed by atoms with Gasteiger partial charge in [0.05, 0.1) is 18.1 Å². The Labute approximate surface area is 126 Å². The molecule has 0 saturated carbocycles. The van der Waals surface area contributed by atoms with Crippen LogP contribution in [0, 0.1) is 5.92 Å². The summed E-state index contributed by atoms with van der Waals surface area (Å²) in [7, 11) is -0.950. The van der Waals surface area contributed by atoms with Crippen molar-refractivity contribution in [2.45, 2.75) is 31.7 Å². The molecule has 1 N–H and O–H groups in total. The Morgan fingerprint density at radius 3 is 2.76 bits per heavy atom. The van der Waals surface area contributed by atoms with Crippen molar-refractivity contribution in [3.8, 4) is 5.75 Å². The molecule has 1 saturated heterocycles. The van der Waals surface area contributed by atoms with Crippen molar-refractivity contribution in [2.24, 2.45) is 5.92 Å². The molecule has 4 nitrogen and oxygen atoms in total. The number of rotatable bonds is 3. The standard InChI is InChI=1S/C16H23NO3S/c1-16(2)10-20-14-5-4-11(8-13(14)16)15(17-3)12-6-7-21(18,19)9-12/h4-5,8,12,15,17H,6-7,9-10H2,1-3H3. The van der Waals surface area contributed by atoms with E-state index in [2.05, 4.69) is 31.3 Å². The summed E-state index contributed by atoms with van der Waals surface area (Å²) in [6.07, 6.45) is 0.741. The van der Waals surface area contributed by atoms with Crippen molar-refractivity contribution in [3.05, 3.63) is 29.3 Å². The van der Waals surface area contributed by atoms with Gasteiger partial charge in [-0.05, 0) is 37.1 Å². The molecule has 2 atom stereocenters. The minimum Gasteiger partial charge on any atom is -0.492 e. The van der Waals surface area contributed by atoms with Gasteiger partial charge >= 0.3 is 0 Å². The molecule has 5 heteroatoms. The van der Waals surface area contributed by atoms with E-state index in [-0.39, 0.29) is 23.1 Å². The second-order valence-electron chi connectivity index (χ2n) is 6.86. The maximum absolute atomic E-state index is 11.7.